The number of hydrogen-bond acceptors (Lipinski definition) is 3. The Morgan fingerprint density at radius 3 is 2.26 bits per heavy atom. The minimum absolute atomic E-state index is 0.138. The lowest BCUT2D eigenvalue weighted by Gasteiger charge is -2.16. The Hall–Kier alpha value is -2.60. The van der Waals surface area contributed by atoms with E-state index in [1.165, 1.54) is 0 Å². The topological polar surface area (TPSA) is 67.4 Å². The molecule has 0 aliphatic heterocycles. The molecule has 0 radical (unpaired) electrons. The molecule has 2 rings (SSSR count). The molecule has 0 aliphatic carbocycles. The molecule has 142 valence electrons. The Morgan fingerprint density at radius 2 is 1.63 bits per heavy atom. The summed E-state index contributed by atoms with van der Waals surface area (Å²) in [7, 11) is 0. The van der Waals surface area contributed by atoms with Gasteiger partial charge in [-0.15, -0.1) is 0 Å². The zero-order valence-electron chi connectivity index (χ0n) is 14.9. The molecule has 2 amide bonds. The van der Waals surface area contributed by atoms with E-state index < -0.39 is 6.09 Å². The SMILES string of the molecule is O=C(CNC(=O)OCc1ccccc1)N[C@H](/C=C/CBr)Cc1ccccc1. The van der Waals surface area contributed by atoms with Gasteiger partial charge in [-0.2, -0.15) is 0 Å². The second-order valence-corrected chi connectivity index (χ2v) is 6.51. The maximum atomic E-state index is 12.2. The Bertz CT molecular complexity index is 736. The number of nitrogens with one attached hydrogen (secondary N) is 2. The number of halogens is 1. The number of rotatable bonds is 9. The van der Waals surface area contributed by atoms with Gasteiger partial charge in [0.15, 0.2) is 0 Å². The number of carbonyl (C=O) groups is 2. The van der Waals surface area contributed by atoms with Crippen LogP contribution in [-0.2, 0) is 22.6 Å². The van der Waals surface area contributed by atoms with Crippen molar-refractivity contribution in [3.8, 4) is 0 Å². The average molecular weight is 431 g/mol. The molecule has 0 saturated heterocycles. The Kier molecular flexibility index (Phi) is 9.13. The first-order valence-electron chi connectivity index (χ1n) is 8.68. The lowest BCUT2D eigenvalue weighted by molar-refractivity contribution is -0.120. The number of benzene rings is 2. The van der Waals surface area contributed by atoms with Crippen molar-refractivity contribution in [3.63, 3.8) is 0 Å². The molecule has 0 spiro atoms. The smallest absolute Gasteiger partial charge is 0.407 e. The van der Waals surface area contributed by atoms with Crippen molar-refractivity contribution in [1.29, 1.82) is 0 Å². The van der Waals surface area contributed by atoms with Gasteiger partial charge in [-0.05, 0) is 17.5 Å². The minimum Gasteiger partial charge on any atom is -0.445 e. The van der Waals surface area contributed by atoms with Crippen LogP contribution in [0, 0.1) is 0 Å². The van der Waals surface area contributed by atoms with Crippen LogP contribution in [0.5, 0.6) is 0 Å². The van der Waals surface area contributed by atoms with Gasteiger partial charge in [0.25, 0.3) is 0 Å². The fourth-order valence-electron chi connectivity index (χ4n) is 2.44. The van der Waals surface area contributed by atoms with Crippen molar-refractivity contribution in [2.75, 3.05) is 11.9 Å². The molecule has 0 aromatic heterocycles. The highest BCUT2D eigenvalue weighted by Crippen LogP contribution is 2.05. The van der Waals surface area contributed by atoms with Gasteiger partial charge < -0.3 is 15.4 Å². The predicted molar refractivity (Wildman–Crippen MR) is 110 cm³/mol. The molecule has 0 saturated carbocycles. The van der Waals surface area contributed by atoms with Crippen molar-refractivity contribution >= 4 is 27.9 Å². The maximum Gasteiger partial charge on any atom is 0.407 e. The fourth-order valence-corrected chi connectivity index (χ4v) is 2.65. The van der Waals surface area contributed by atoms with Crippen molar-refractivity contribution in [2.45, 2.75) is 19.1 Å². The first-order valence-corrected chi connectivity index (χ1v) is 9.80. The van der Waals surface area contributed by atoms with E-state index in [2.05, 4.69) is 26.6 Å². The fraction of sp³-hybridized carbons (Fsp3) is 0.238. The lowest BCUT2D eigenvalue weighted by Crippen LogP contribution is -2.42. The van der Waals surface area contributed by atoms with Crippen LogP contribution in [0.1, 0.15) is 11.1 Å². The summed E-state index contributed by atoms with van der Waals surface area (Å²) < 4.78 is 5.09. The Balaban J connectivity index is 1.77. The minimum atomic E-state index is -0.621. The molecule has 2 N–H and O–H groups in total. The third-order valence-electron chi connectivity index (χ3n) is 3.71. The maximum absolute atomic E-state index is 12.2. The molecule has 0 fully saturated rings. The van der Waals surface area contributed by atoms with Gasteiger partial charge in [0, 0.05) is 5.33 Å². The van der Waals surface area contributed by atoms with Crippen LogP contribution in [0.4, 0.5) is 4.79 Å². The highest BCUT2D eigenvalue weighted by Gasteiger charge is 2.12. The molecule has 2 aromatic rings. The van der Waals surface area contributed by atoms with Crippen LogP contribution < -0.4 is 10.6 Å². The monoisotopic (exact) mass is 430 g/mol. The third kappa shape index (κ3) is 8.55. The highest BCUT2D eigenvalue weighted by molar-refractivity contribution is 9.09. The second kappa shape index (κ2) is 11.9. The van der Waals surface area contributed by atoms with E-state index in [0.29, 0.717) is 11.8 Å². The standard InChI is InChI=1S/C21H23BrN2O3/c22-13-7-12-19(14-17-8-3-1-4-9-17)24-20(25)15-23-21(26)27-16-18-10-5-2-6-11-18/h1-12,19H,13-16H2,(H,23,26)(H,24,25)/b12-7+/t19-/m1/s1. The van der Waals surface area contributed by atoms with Crippen LogP contribution in [0.15, 0.2) is 72.8 Å². The summed E-state index contributed by atoms with van der Waals surface area (Å²) in [6, 6.07) is 19.1. The van der Waals surface area contributed by atoms with E-state index >= 15 is 0 Å². The molecule has 1 atom stereocenters. The van der Waals surface area contributed by atoms with E-state index in [4.69, 9.17) is 4.74 Å². The van der Waals surface area contributed by atoms with Gasteiger partial charge in [0.05, 0.1) is 6.04 Å². The second-order valence-electron chi connectivity index (χ2n) is 5.86. The lowest BCUT2D eigenvalue weighted by atomic mass is 10.1. The van der Waals surface area contributed by atoms with Gasteiger partial charge in [0.1, 0.15) is 13.2 Å². The molecule has 2 aromatic carbocycles. The summed E-state index contributed by atoms with van der Waals surface area (Å²) >= 11 is 3.34. The summed E-state index contributed by atoms with van der Waals surface area (Å²) in [6.07, 6.45) is 3.93. The van der Waals surface area contributed by atoms with Crippen LogP contribution in [0.2, 0.25) is 0 Å². The summed E-state index contributed by atoms with van der Waals surface area (Å²) in [6.45, 7) is 0.0278. The molecule has 27 heavy (non-hydrogen) atoms. The van der Waals surface area contributed by atoms with Crippen molar-refractivity contribution in [1.82, 2.24) is 10.6 Å². The first kappa shape index (κ1) is 20.7. The van der Waals surface area contributed by atoms with Crippen LogP contribution >= 0.6 is 15.9 Å². The summed E-state index contributed by atoms with van der Waals surface area (Å²) in [5.41, 5.74) is 2.01. The van der Waals surface area contributed by atoms with Crippen LogP contribution in [-0.4, -0.2) is 29.9 Å². The molecule has 0 unspecified atom stereocenters. The van der Waals surface area contributed by atoms with E-state index in [0.717, 1.165) is 11.1 Å². The van der Waals surface area contributed by atoms with Gasteiger partial charge in [-0.25, -0.2) is 4.79 Å². The molecule has 0 heterocycles. The number of ether oxygens (including phenoxy) is 1. The number of alkyl carbamates (subject to hydrolysis) is 1. The van der Waals surface area contributed by atoms with Gasteiger partial charge >= 0.3 is 6.09 Å². The molecule has 6 heteroatoms. The summed E-state index contributed by atoms with van der Waals surface area (Å²) in [5, 5.41) is 6.09. The van der Waals surface area contributed by atoms with E-state index in [1.807, 2.05) is 72.8 Å². The normalized spacial score (nSPS) is 11.7. The van der Waals surface area contributed by atoms with E-state index in [1.54, 1.807) is 0 Å². The summed E-state index contributed by atoms with van der Waals surface area (Å²) in [5.74, 6) is -0.271. The molecular formula is C21H23BrN2O3. The quantitative estimate of drug-likeness (QED) is 0.471. The van der Waals surface area contributed by atoms with Crippen LogP contribution in [0.3, 0.4) is 0 Å². The zero-order chi connectivity index (χ0) is 19.3. The molecule has 5 nitrogen and oxygen atoms in total. The van der Waals surface area contributed by atoms with E-state index in [9.17, 15) is 9.59 Å². The number of allylic oxidation sites excluding steroid dienone is 1. The number of hydrogen-bond donors (Lipinski definition) is 2. The molecule has 0 bridgehead atoms. The predicted octanol–water partition coefficient (Wildman–Crippen LogP) is 3.59. The summed E-state index contributed by atoms with van der Waals surface area (Å²) in [4.78, 5) is 23.9. The highest BCUT2D eigenvalue weighted by atomic mass is 79.9. The van der Waals surface area contributed by atoms with Crippen molar-refractivity contribution in [2.24, 2.45) is 0 Å². The van der Waals surface area contributed by atoms with Gasteiger partial charge in [-0.1, -0.05) is 88.7 Å². The average Bonchev–Trinajstić information content (AvgIpc) is 2.70. The molecular weight excluding hydrogens is 408 g/mol. The Morgan fingerprint density at radius 1 is 1.00 bits per heavy atom. The van der Waals surface area contributed by atoms with Crippen molar-refractivity contribution in [3.05, 3.63) is 83.9 Å². The number of carbonyl (C=O) groups excluding carboxylic acids is 2. The third-order valence-corrected chi connectivity index (χ3v) is 4.08. The van der Waals surface area contributed by atoms with Gasteiger partial charge in [0.2, 0.25) is 5.91 Å². The van der Waals surface area contributed by atoms with Crippen molar-refractivity contribution < 1.29 is 14.3 Å². The number of alkyl halides is 1. The van der Waals surface area contributed by atoms with Crippen LogP contribution in [0.25, 0.3) is 0 Å². The Labute approximate surface area is 167 Å². The zero-order valence-corrected chi connectivity index (χ0v) is 16.5. The first-order chi connectivity index (χ1) is 13.2. The largest absolute Gasteiger partial charge is 0.445 e. The molecule has 0 aliphatic rings. The van der Waals surface area contributed by atoms with Gasteiger partial charge in [-0.3, -0.25) is 4.79 Å². The van der Waals surface area contributed by atoms with E-state index in [-0.39, 0.29) is 25.1 Å². The number of amides is 2.